The minimum atomic E-state index is -0.407. The number of nitrogens with zero attached hydrogens (tertiary/aromatic N) is 4. The molecule has 4 aromatic rings. The van der Waals surface area contributed by atoms with Gasteiger partial charge >= 0.3 is 0 Å². The Labute approximate surface area is 262 Å². The SMILES string of the molecule is COc1ccc(C2=NN(C(=O)CSc3nc4c(c(=O)n3-c3ccc(F)cc3)SCC4)C(c3ccc(OC)c(OC)c3)C2)cc1. The number of rotatable bonds is 9. The highest BCUT2D eigenvalue weighted by Gasteiger charge is 2.34. The van der Waals surface area contributed by atoms with Crippen molar-refractivity contribution in [2.24, 2.45) is 5.10 Å². The standard InChI is InChI=1S/C32H29FN4O5S2/c1-40-23-11-4-19(5-12-23)25-17-26(20-6-13-27(41-2)28(16-20)42-3)37(35-25)29(38)18-44-32-34-24-14-15-43-30(24)31(39)36(32)22-9-7-21(33)8-10-22/h4-13,16,26H,14-15,17-18H2,1-3H3. The summed E-state index contributed by atoms with van der Waals surface area (Å²) in [5.74, 6) is 1.93. The number of amides is 1. The molecule has 1 unspecified atom stereocenters. The van der Waals surface area contributed by atoms with Gasteiger partial charge in [-0.15, -0.1) is 11.8 Å². The number of aromatic nitrogens is 2. The highest BCUT2D eigenvalue weighted by atomic mass is 32.2. The molecule has 0 saturated carbocycles. The second-order valence-electron chi connectivity index (χ2n) is 10.0. The Bertz CT molecular complexity index is 1790. The van der Waals surface area contributed by atoms with E-state index in [-0.39, 0.29) is 17.2 Å². The van der Waals surface area contributed by atoms with E-state index in [1.54, 1.807) is 21.3 Å². The molecule has 12 heteroatoms. The molecule has 0 aliphatic carbocycles. The number of aryl methyl sites for hydroxylation is 1. The number of ether oxygens (including phenoxy) is 3. The van der Waals surface area contributed by atoms with E-state index in [0.717, 1.165) is 45.8 Å². The van der Waals surface area contributed by atoms with Gasteiger partial charge in [0, 0.05) is 18.6 Å². The number of methoxy groups -OCH3 is 3. The zero-order valence-corrected chi connectivity index (χ0v) is 25.9. The number of halogens is 1. The quantitative estimate of drug-likeness (QED) is 0.176. The van der Waals surface area contributed by atoms with Gasteiger partial charge in [0.1, 0.15) is 11.6 Å². The summed E-state index contributed by atoms with van der Waals surface area (Å²) >= 11 is 2.63. The summed E-state index contributed by atoms with van der Waals surface area (Å²) in [5.41, 5.74) is 3.45. The summed E-state index contributed by atoms with van der Waals surface area (Å²) in [5, 5.41) is 6.66. The molecule has 1 amide bonds. The molecule has 2 aliphatic heterocycles. The summed E-state index contributed by atoms with van der Waals surface area (Å²) in [6.07, 6.45) is 1.15. The van der Waals surface area contributed by atoms with Crippen LogP contribution in [-0.2, 0) is 11.2 Å². The van der Waals surface area contributed by atoms with Crippen LogP contribution in [-0.4, -0.2) is 59.0 Å². The van der Waals surface area contributed by atoms with E-state index in [0.29, 0.717) is 40.1 Å². The lowest BCUT2D eigenvalue weighted by molar-refractivity contribution is -0.130. The number of benzene rings is 3. The highest BCUT2D eigenvalue weighted by molar-refractivity contribution is 8.00. The van der Waals surface area contributed by atoms with E-state index >= 15 is 0 Å². The van der Waals surface area contributed by atoms with Gasteiger partial charge in [-0.25, -0.2) is 14.4 Å². The van der Waals surface area contributed by atoms with Crippen LogP contribution in [0.15, 0.2) is 86.7 Å². The lowest BCUT2D eigenvalue weighted by Gasteiger charge is -2.23. The smallest absolute Gasteiger partial charge is 0.272 e. The van der Waals surface area contributed by atoms with Crippen LogP contribution in [0.5, 0.6) is 17.2 Å². The van der Waals surface area contributed by atoms with Gasteiger partial charge < -0.3 is 14.2 Å². The van der Waals surface area contributed by atoms with E-state index in [1.807, 2.05) is 42.5 Å². The van der Waals surface area contributed by atoms with Gasteiger partial charge in [-0.3, -0.25) is 14.2 Å². The van der Waals surface area contributed by atoms with Crippen molar-refractivity contribution in [3.8, 4) is 22.9 Å². The third kappa shape index (κ3) is 5.79. The Morgan fingerprint density at radius 2 is 1.75 bits per heavy atom. The maximum atomic E-state index is 13.9. The fraction of sp³-hybridized carbons (Fsp3) is 0.250. The molecule has 0 spiro atoms. The Morgan fingerprint density at radius 3 is 2.45 bits per heavy atom. The first-order valence-corrected chi connectivity index (χ1v) is 15.8. The molecule has 226 valence electrons. The van der Waals surface area contributed by atoms with E-state index in [4.69, 9.17) is 24.3 Å². The van der Waals surface area contributed by atoms with Crippen molar-refractivity contribution >= 4 is 35.1 Å². The molecule has 0 radical (unpaired) electrons. The predicted molar refractivity (Wildman–Crippen MR) is 168 cm³/mol. The summed E-state index contributed by atoms with van der Waals surface area (Å²) in [6.45, 7) is 0. The summed E-state index contributed by atoms with van der Waals surface area (Å²) in [4.78, 5) is 32.8. The molecule has 0 fully saturated rings. The molecule has 0 bridgehead atoms. The number of carbonyl (C=O) groups excluding carboxylic acids is 1. The van der Waals surface area contributed by atoms with Gasteiger partial charge in [0.05, 0.1) is 55.1 Å². The van der Waals surface area contributed by atoms with Crippen LogP contribution in [0.1, 0.15) is 29.3 Å². The number of fused-ring (bicyclic) bond motifs is 1. The maximum Gasteiger partial charge on any atom is 0.272 e. The van der Waals surface area contributed by atoms with Crippen molar-refractivity contribution in [3.63, 3.8) is 0 Å². The second-order valence-corrected chi connectivity index (χ2v) is 12.1. The number of hydrazone groups is 1. The highest BCUT2D eigenvalue weighted by Crippen LogP contribution is 2.38. The first-order chi connectivity index (χ1) is 21.4. The van der Waals surface area contributed by atoms with Crippen molar-refractivity contribution < 1.29 is 23.4 Å². The van der Waals surface area contributed by atoms with Crippen molar-refractivity contribution in [1.29, 1.82) is 0 Å². The van der Waals surface area contributed by atoms with Crippen molar-refractivity contribution in [2.75, 3.05) is 32.8 Å². The Morgan fingerprint density at radius 1 is 1.00 bits per heavy atom. The van der Waals surface area contributed by atoms with Gasteiger partial charge in [-0.05, 0) is 71.8 Å². The van der Waals surface area contributed by atoms with Gasteiger partial charge in [-0.2, -0.15) is 5.10 Å². The molecule has 44 heavy (non-hydrogen) atoms. The number of carbonyl (C=O) groups is 1. The van der Waals surface area contributed by atoms with E-state index < -0.39 is 11.9 Å². The third-order valence-electron chi connectivity index (χ3n) is 7.46. The van der Waals surface area contributed by atoms with Crippen molar-refractivity contribution in [3.05, 3.63) is 99.7 Å². The normalized spacial score (nSPS) is 15.6. The Hall–Kier alpha value is -4.29. The molecule has 1 atom stereocenters. The van der Waals surface area contributed by atoms with Gasteiger partial charge in [0.2, 0.25) is 0 Å². The zero-order valence-electron chi connectivity index (χ0n) is 24.3. The largest absolute Gasteiger partial charge is 0.497 e. The first-order valence-electron chi connectivity index (χ1n) is 13.8. The third-order valence-corrected chi connectivity index (χ3v) is 9.49. The van der Waals surface area contributed by atoms with Crippen LogP contribution in [0.2, 0.25) is 0 Å². The molecular formula is C32H29FN4O5S2. The maximum absolute atomic E-state index is 13.9. The van der Waals surface area contributed by atoms with Gasteiger partial charge in [-0.1, -0.05) is 17.8 Å². The van der Waals surface area contributed by atoms with Crippen LogP contribution < -0.4 is 19.8 Å². The molecule has 3 heterocycles. The van der Waals surface area contributed by atoms with Crippen molar-refractivity contribution in [2.45, 2.75) is 28.9 Å². The lowest BCUT2D eigenvalue weighted by atomic mass is 9.98. The molecular weight excluding hydrogens is 604 g/mol. The lowest BCUT2D eigenvalue weighted by Crippen LogP contribution is -2.29. The summed E-state index contributed by atoms with van der Waals surface area (Å²) < 4.78 is 31.4. The zero-order chi connectivity index (χ0) is 30.8. The van der Waals surface area contributed by atoms with Crippen LogP contribution in [0.25, 0.3) is 5.69 Å². The molecule has 3 aromatic carbocycles. The van der Waals surface area contributed by atoms with Gasteiger partial charge in [0.25, 0.3) is 11.5 Å². The topological polar surface area (TPSA) is 95.2 Å². The van der Waals surface area contributed by atoms with E-state index in [9.17, 15) is 14.0 Å². The molecule has 0 N–H and O–H groups in total. The molecule has 9 nitrogen and oxygen atoms in total. The second kappa shape index (κ2) is 12.7. The van der Waals surface area contributed by atoms with Crippen LogP contribution in [0.3, 0.4) is 0 Å². The summed E-state index contributed by atoms with van der Waals surface area (Å²) in [6, 6.07) is 18.4. The minimum absolute atomic E-state index is 0.0251. The monoisotopic (exact) mass is 632 g/mol. The molecule has 2 aliphatic rings. The van der Waals surface area contributed by atoms with Gasteiger partial charge in [0.15, 0.2) is 16.7 Å². The summed E-state index contributed by atoms with van der Waals surface area (Å²) in [7, 11) is 4.75. The average molecular weight is 633 g/mol. The molecule has 1 aromatic heterocycles. The predicted octanol–water partition coefficient (Wildman–Crippen LogP) is 5.52. The van der Waals surface area contributed by atoms with Crippen LogP contribution >= 0.6 is 23.5 Å². The molecule has 6 rings (SSSR count). The fourth-order valence-corrected chi connectivity index (χ4v) is 7.12. The Kier molecular flexibility index (Phi) is 8.62. The number of hydrogen-bond acceptors (Lipinski definition) is 9. The number of hydrogen-bond donors (Lipinski definition) is 0. The van der Waals surface area contributed by atoms with E-state index in [1.165, 1.54) is 45.6 Å². The Balaban J connectivity index is 1.33. The molecule has 0 saturated heterocycles. The fourth-order valence-electron chi connectivity index (χ4n) is 5.22. The van der Waals surface area contributed by atoms with E-state index in [2.05, 4.69) is 0 Å². The minimum Gasteiger partial charge on any atom is -0.497 e. The van der Waals surface area contributed by atoms with Crippen LogP contribution in [0, 0.1) is 5.82 Å². The van der Waals surface area contributed by atoms with Crippen LogP contribution in [0.4, 0.5) is 4.39 Å². The number of thioether (sulfide) groups is 2. The first kappa shape index (κ1) is 29.8. The average Bonchev–Trinajstić information content (AvgIpc) is 3.72. The van der Waals surface area contributed by atoms with Crippen molar-refractivity contribution in [1.82, 2.24) is 14.6 Å².